The highest BCUT2D eigenvalue weighted by atomic mass is 35.5. The fraction of sp³-hybridized carbons (Fsp3) is 0.333. The number of aryl methyl sites for hydroxylation is 1. The van der Waals surface area contributed by atoms with Gasteiger partial charge in [-0.1, -0.05) is 29.8 Å². The van der Waals surface area contributed by atoms with Gasteiger partial charge in [0, 0.05) is 49.5 Å². The quantitative estimate of drug-likeness (QED) is 0.535. The second kappa shape index (κ2) is 9.53. The molecule has 0 atom stereocenters. The fourth-order valence-corrected chi connectivity index (χ4v) is 4.24. The van der Waals surface area contributed by atoms with Crippen molar-refractivity contribution in [2.75, 3.05) is 13.1 Å². The number of aromatic nitrogens is 3. The van der Waals surface area contributed by atoms with Crippen molar-refractivity contribution >= 4 is 23.3 Å². The van der Waals surface area contributed by atoms with Crippen LogP contribution in [0.2, 0.25) is 5.02 Å². The molecule has 1 saturated heterocycles. The molecular formula is C24H25ClN4O3. The molecule has 2 heterocycles. The maximum Gasteiger partial charge on any atom is 0.350 e. The summed E-state index contributed by atoms with van der Waals surface area (Å²) in [7, 11) is 1.65. The highest BCUT2D eigenvalue weighted by Crippen LogP contribution is 2.28. The van der Waals surface area contributed by atoms with Crippen LogP contribution in [0.4, 0.5) is 0 Å². The number of Topliss-reactive ketones (excluding diaryl/α,β-unsaturated/α-hetero) is 1. The molecule has 3 aromatic rings. The van der Waals surface area contributed by atoms with E-state index >= 15 is 0 Å². The highest BCUT2D eigenvalue weighted by molar-refractivity contribution is 6.30. The van der Waals surface area contributed by atoms with Crippen molar-refractivity contribution in [1.29, 1.82) is 0 Å². The van der Waals surface area contributed by atoms with E-state index in [2.05, 4.69) is 5.10 Å². The van der Waals surface area contributed by atoms with Gasteiger partial charge in [-0.15, -0.1) is 0 Å². The number of nitrogens with zero attached hydrogens (tertiary/aromatic N) is 4. The van der Waals surface area contributed by atoms with Gasteiger partial charge >= 0.3 is 5.69 Å². The number of ketones is 1. The van der Waals surface area contributed by atoms with E-state index in [1.807, 2.05) is 30.3 Å². The van der Waals surface area contributed by atoms with E-state index in [0.29, 0.717) is 23.7 Å². The lowest BCUT2D eigenvalue weighted by molar-refractivity contribution is -0.132. The van der Waals surface area contributed by atoms with Gasteiger partial charge in [-0.05, 0) is 49.2 Å². The summed E-state index contributed by atoms with van der Waals surface area (Å²) in [5.41, 5.74) is 1.18. The van der Waals surface area contributed by atoms with Crippen LogP contribution >= 0.6 is 11.6 Å². The van der Waals surface area contributed by atoms with Gasteiger partial charge in [-0.25, -0.2) is 14.0 Å². The first-order valence-corrected chi connectivity index (χ1v) is 11.1. The van der Waals surface area contributed by atoms with Crippen molar-refractivity contribution < 1.29 is 9.59 Å². The van der Waals surface area contributed by atoms with Crippen LogP contribution < -0.4 is 5.69 Å². The van der Waals surface area contributed by atoms with Crippen LogP contribution in [0.15, 0.2) is 59.4 Å². The van der Waals surface area contributed by atoms with Gasteiger partial charge in [0.1, 0.15) is 5.82 Å². The molecular weight excluding hydrogens is 428 g/mol. The lowest BCUT2D eigenvalue weighted by atomic mass is 9.95. The van der Waals surface area contributed by atoms with Crippen LogP contribution in [-0.2, 0) is 11.8 Å². The number of hydrogen-bond acceptors (Lipinski definition) is 4. The summed E-state index contributed by atoms with van der Waals surface area (Å²) in [6.07, 6.45) is 1.80. The molecule has 4 rings (SSSR count). The smallest absolute Gasteiger partial charge is 0.343 e. The summed E-state index contributed by atoms with van der Waals surface area (Å²) in [5.74, 6) is 0.732. The topological polar surface area (TPSA) is 77.2 Å². The summed E-state index contributed by atoms with van der Waals surface area (Å²) in [6, 6.07) is 16.2. The molecule has 1 aliphatic rings. The molecule has 0 saturated carbocycles. The molecule has 7 nitrogen and oxygen atoms in total. The third kappa shape index (κ3) is 4.67. The van der Waals surface area contributed by atoms with Crippen LogP contribution in [0.1, 0.15) is 47.8 Å². The SMILES string of the molecule is Cn1nc(C2CCN(C(=O)CCC(=O)c3ccc(Cl)cc3)CC2)n(-c2ccccc2)c1=O. The number of benzene rings is 2. The van der Waals surface area contributed by atoms with Crippen molar-refractivity contribution in [3.8, 4) is 5.69 Å². The number of piperidine rings is 1. The lowest BCUT2D eigenvalue weighted by Crippen LogP contribution is -2.38. The standard InChI is InChI=1S/C24H25ClN4O3/c1-27-24(32)29(20-5-3-2-4-6-20)23(26-27)18-13-15-28(16-14-18)22(31)12-11-21(30)17-7-9-19(25)10-8-17/h2-10,18H,11-16H2,1H3. The van der Waals surface area contributed by atoms with E-state index in [4.69, 9.17) is 11.6 Å². The zero-order chi connectivity index (χ0) is 22.7. The Balaban J connectivity index is 1.37. The van der Waals surface area contributed by atoms with E-state index in [1.54, 1.807) is 40.8 Å². The lowest BCUT2D eigenvalue weighted by Gasteiger charge is -2.31. The van der Waals surface area contributed by atoms with E-state index in [9.17, 15) is 14.4 Å². The maximum atomic E-state index is 12.7. The molecule has 2 aromatic carbocycles. The largest absolute Gasteiger partial charge is 0.350 e. The van der Waals surface area contributed by atoms with Crippen LogP contribution in [0.5, 0.6) is 0 Å². The van der Waals surface area contributed by atoms with Gasteiger partial charge in [0.25, 0.3) is 0 Å². The third-order valence-corrected chi connectivity index (χ3v) is 6.16. The van der Waals surface area contributed by atoms with Crippen LogP contribution in [0.3, 0.4) is 0 Å². The Bertz CT molecular complexity index is 1160. The average molecular weight is 453 g/mol. The number of carbonyl (C=O) groups excluding carboxylic acids is 2. The van der Waals surface area contributed by atoms with E-state index < -0.39 is 0 Å². The summed E-state index contributed by atoms with van der Waals surface area (Å²) in [4.78, 5) is 39.4. The summed E-state index contributed by atoms with van der Waals surface area (Å²) in [6.45, 7) is 1.16. The third-order valence-electron chi connectivity index (χ3n) is 5.91. The molecule has 0 aliphatic carbocycles. The van der Waals surface area contributed by atoms with Gasteiger partial charge < -0.3 is 4.90 Å². The minimum atomic E-state index is -0.176. The van der Waals surface area contributed by atoms with Crippen molar-refractivity contribution in [3.05, 3.63) is 81.5 Å². The predicted octanol–water partition coefficient (Wildman–Crippen LogP) is 3.59. The first-order valence-electron chi connectivity index (χ1n) is 10.7. The Kier molecular flexibility index (Phi) is 6.55. The molecule has 0 bridgehead atoms. The Morgan fingerprint density at radius 2 is 1.66 bits per heavy atom. The summed E-state index contributed by atoms with van der Waals surface area (Å²) in [5, 5.41) is 5.06. The fourth-order valence-electron chi connectivity index (χ4n) is 4.11. The second-order valence-electron chi connectivity index (χ2n) is 8.02. The zero-order valence-electron chi connectivity index (χ0n) is 17.9. The van der Waals surface area contributed by atoms with Crippen LogP contribution in [0.25, 0.3) is 5.69 Å². The van der Waals surface area contributed by atoms with E-state index in [0.717, 1.165) is 24.4 Å². The number of carbonyl (C=O) groups is 2. The number of rotatable bonds is 6. The number of amides is 1. The van der Waals surface area contributed by atoms with Crippen molar-refractivity contribution in [3.63, 3.8) is 0 Å². The van der Waals surface area contributed by atoms with Gasteiger partial charge in [-0.2, -0.15) is 5.10 Å². The molecule has 0 N–H and O–H groups in total. The van der Waals surface area contributed by atoms with Gasteiger partial charge in [0.05, 0.1) is 5.69 Å². The van der Waals surface area contributed by atoms with Crippen molar-refractivity contribution in [2.24, 2.45) is 7.05 Å². The molecule has 1 fully saturated rings. The average Bonchev–Trinajstić information content (AvgIpc) is 3.12. The molecule has 8 heteroatoms. The van der Waals surface area contributed by atoms with Crippen molar-refractivity contribution in [2.45, 2.75) is 31.6 Å². The Labute approximate surface area is 191 Å². The molecule has 166 valence electrons. The molecule has 1 aromatic heterocycles. The normalized spacial score (nSPS) is 14.5. The molecule has 32 heavy (non-hydrogen) atoms. The number of halogens is 1. The van der Waals surface area contributed by atoms with Crippen LogP contribution in [0, 0.1) is 0 Å². The molecule has 0 radical (unpaired) electrons. The molecule has 1 aliphatic heterocycles. The van der Waals surface area contributed by atoms with Gasteiger partial charge in [0.2, 0.25) is 5.91 Å². The highest BCUT2D eigenvalue weighted by Gasteiger charge is 2.28. The summed E-state index contributed by atoms with van der Waals surface area (Å²) < 4.78 is 3.02. The monoisotopic (exact) mass is 452 g/mol. The Morgan fingerprint density at radius 3 is 2.31 bits per heavy atom. The van der Waals surface area contributed by atoms with E-state index in [1.165, 1.54) is 4.68 Å². The molecule has 0 unspecified atom stereocenters. The first-order chi connectivity index (χ1) is 15.4. The minimum absolute atomic E-state index is 0.0211. The Morgan fingerprint density at radius 1 is 1.00 bits per heavy atom. The minimum Gasteiger partial charge on any atom is -0.343 e. The number of hydrogen-bond donors (Lipinski definition) is 0. The zero-order valence-corrected chi connectivity index (χ0v) is 18.7. The van der Waals surface area contributed by atoms with Gasteiger partial charge in [-0.3, -0.25) is 9.59 Å². The van der Waals surface area contributed by atoms with E-state index in [-0.39, 0.29) is 36.1 Å². The number of para-hydroxylation sites is 1. The molecule has 0 spiro atoms. The second-order valence-corrected chi connectivity index (χ2v) is 8.46. The predicted molar refractivity (Wildman–Crippen MR) is 122 cm³/mol. The number of likely N-dealkylation sites (tertiary alicyclic amines) is 1. The maximum absolute atomic E-state index is 12.7. The van der Waals surface area contributed by atoms with Crippen LogP contribution in [-0.4, -0.2) is 44.0 Å². The Hall–Kier alpha value is -3.19. The van der Waals surface area contributed by atoms with Crippen molar-refractivity contribution in [1.82, 2.24) is 19.2 Å². The molecule has 1 amide bonds. The van der Waals surface area contributed by atoms with Gasteiger partial charge in [0.15, 0.2) is 5.78 Å². The summed E-state index contributed by atoms with van der Waals surface area (Å²) >= 11 is 5.86. The first kappa shape index (κ1) is 22.0.